The Bertz CT molecular complexity index is 972. The maximum absolute atomic E-state index is 13.2. The van der Waals surface area contributed by atoms with Crippen molar-refractivity contribution < 1.29 is 9.53 Å². The smallest absolute Gasteiger partial charge is 0.328 e. The highest BCUT2D eigenvalue weighted by Gasteiger charge is 2.55. The summed E-state index contributed by atoms with van der Waals surface area (Å²) in [7, 11) is 1.68. The van der Waals surface area contributed by atoms with Crippen LogP contribution in [0.4, 0.5) is 10.5 Å². The van der Waals surface area contributed by atoms with Crippen LogP contribution in [0.5, 0.6) is 5.75 Å². The van der Waals surface area contributed by atoms with E-state index >= 15 is 0 Å². The molecule has 1 saturated carbocycles. The van der Waals surface area contributed by atoms with E-state index in [2.05, 4.69) is 27.3 Å². The molecule has 2 aliphatic heterocycles. The van der Waals surface area contributed by atoms with Crippen molar-refractivity contribution in [2.24, 2.45) is 4.99 Å². The number of urea groups is 1. The van der Waals surface area contributed by atoms with Crippen LogP contribution >= 0.6 is 0 Å². The number of anilines is 1. The Morgan fingerprint density at radius 1 is 1.19 bits per heavy atom. The first kappa shape index (κ1) is 20.9. The number of hydrogen-bond donors (Lipinski definition) is 1. The number of nitrogens with zero attached hydrogens (tertiary/aromatic N) is 4. The predicted octanol–water partition coefficient (Wildman–Crippen LogP) is 4.00. The first-order valence-electron chi connectivity index (χ1n) is 11.6. The van der Waals surface area contributed by atoms with Gasteiger partial charge in [0.15, 0.2) is 0 Å². The Balaban J connectivity index is 1.44. The quantitative estimate of drug-likeness (QED) is 0.774. The van der Waals surface area contributed by atoms with Crippen molar-refractivity contribution in [1.29, 1.82) is 0 Å². The normalized spacial score (nSPS) is 25.6. The molecule has 2 amide bonds. The molecule has 168 valence electrons. The fraction of sp³-hybridized carbons (Fsp3) is 0.480. The average Bonchev–Trinajstić information content (AvgIpc) is 3.36. The molecule has 1 aromatic carbocycles. The summed E-state index contributed by atoms with van der Waals surface area (Å²) in [5.41, 5.74) is 1.59. The summed E-state index contributed by atoms with van der Waals surface area (Å²) in [5, 5.41) is 3.15. The molecule has 1 atom stereocenters. The van der Waals surface area contributed by atoms with Crippen LogP contribution in [-0.4, -0.2) is 53.5 Å². The highest BCUT2D eigenvalue weighted by molar-refractivity contribution is 6.19. The van der Waals surface area contributed by atoms with Crippen molar-refractivity contribution in [3.63, 3.8) is 0 Å². The van der Waals surface area contributed by atoms with E-state index < -0.39 is 5.54 Å². The van der Waals surface area contributed by atoms with E-state index in [0.717, 1.165) is 56.2 Å². The molecule has 32 heavy (non-hydrogen) atoms. The Hall–Kier alpha value is -2.93. The van der Waals surface area contributed by atoms with Crippen LogP contribution in [-0.2, 0) is 6.54 Å². The van der Waals surface area contributed by atoms with Gasteiger partial charge >= 0.3 is 6.03 Å². The molecule has 1 unspecified atom stereocenters. The van der Waals surface area contributed by atoms with Gasteiger partial charge in [-0.25, -0.2) is 4.79 Å². The highest BCUT2D eigenvalue weighted by atomic mass is 16.5. The Kier molecular flexibility index (Phi) is 5.83. The third-order valence-electron chi connectivity index (χ3n) is 6.98. The zero-order chi connectivity index (χ0) is 22.0. The fourth-order valence-electron chi connectivity index (χ4n) is 5.34. The van der Waals surface area contributed by atoms with Crippen molar-refractivity contribution in [2.45, 2.75) is 56.7 Å². The summed E-state index contributed by atoms with van der Waals surface area (Å²) in [5.74, 6) is 1.71. The fourth-order valence-corrected chi connectivity index (χ4v) is 5.34. The maximum atomic E-state index is 13.2. The van der Waals surface area contributed by atoms with E-state index in [-0.39, 0.29) is 6.03 Å². The lowest BCUT2D eigenvalue weighted by Crippen LogP contribution is -2.52. The van der Waals surface area contributed by atoms with Gasteiger partial charge < -0.3 is 4.74 Å². The third kappa shape index (κ3) is 3.97. The molecule has 7 heteroatoms. The number of nitrogens with one attached hydrogen (secondary N) is 1. The van der Waals surface area contributed by atoms with Crippen molar-refractivity contribution in [1.82, 2.24) is 15.2 Å². The second-order valence-electron chi connectivity index (χ2n) is 9.09. The van der Waals surface area contributed by atoms with Crippen LogP contribution < -0.4 is 15.0 Å². The van der Waals surface area contributed by atoms with Crippen LogP contribution in [0.2, 0.25) is 0 Å². The second-order valence-corrected chi connectivity index (χ2v) is 9.09. The van der Waals surface area contributed by atoms with Crippen LogP contribution in [0.25, 0.3) is 0 Å². The van der Waals surface area contributed by atoms with E-state index in [0.29, 0.717) is 6.04 Å². The first-order chi connectivity index (χ1) is 15.7. The van der Waals surface area contributed by atoms with Gasteiger partial charge in [0.25, 0.3) is 0 Å². The molecular formula is C25H31N5O2. The average molecular weight is 434 g/mol. The minimum absolute atomic E-state index is 0.0983. The van der Waals surface area contributed by atoms with Gasteiger partial charge in [0.1, 0.15) is 17.1 Å². The third-order valence-corrected chi connectivity index (χ3v) is 6.98. The van der Waals surface area contributed by atoms with Gasteiger partial charge in [-0.1, -0.05) is 31.4 Å². The zero-order valence-corrected chi connectivity index (χ0v) is 18.7. The zero-order valence-electron chi connectivity index (χ0n) is 18.7. The largest absolute Gasteiger partial charge is 0.497 e. The number of carbonyl (C=O) groups is 1. The van der Waals surface area contributed by atoms with E-state index in [1.54, 1.807) is 19.5 Å². The topological polar surface area (TPSA) is 70.1 Å². The van der Waals surface area contributed by atoms with Gasteiger partial charge in [-0.05, 0) is 49.1 Å². The SMILES string of the molecule is COc1ccc(CN2CCC3(C2)C(=NC2CCCCC2)NC(=O)N3c2cccnc2)cc1. The molecule has 1 aromatic heterocycles. The maximum Gasteiger partial charge on any atom is 0.328 e. The van der Waals surface area contributed by atoms with E-state index in [1.807, 2.05) is 29.2 Å². The van der Waals surface area contributed by atoms with E-state index in [4.69, 9.17) is 9.73 Å². The van der Waals surface area contributed by atoms with Crippen LogP contribution in [0.3, 0.4) is 0 Å². The first-order valence-corrected chi connectivity index (χ1v) is 11.6. The van der Waals surface area contributed by atoms with Crippen LogP contribution in [0.15, 0.2) is 53.8 Å². The summed E-state index contributed by atoms with van der Waals surface area (Å²) < 4.78 is 5.29. The lowest BCUT2D eigenvalue weighted by Gasteiger charge is -2.34. The lowest BCUT2D eigenvalue weighted by atomic mass is 9.93. The summed E-state index contributed by atoms with van der Waals surface area (Å²) in [6, 6.07) is 12.3. The summed E-state index contributed by atoms with van der Waals surface area (Å²) in [6.07, 6.45) is 10.3. The molecule has 5 rings (SSSR count). The number of rotatable bonds is 5. The Morgan fingerprint density at radius 2 is 2.00 bits per heavy atom. The number of amidine groups is 1. The molecule has 0 radical (unpaired) electrons. The van der Waals surface area contributed by atoms with Crippen molar-refractivity contribution in [3.8, 4) is 5.75 Å². The molecule has 1 N–H and O–H groups in total. The van der Waals surface area contributed by atoms with Gasteiger partial charge in [-0.3, -0.25) is 25.1 Å². The number of methoxy groups -OCH3 is 1. The summed E-state index contributed by atoms with van der Waals surface area (Å²) in [4.78, 5) is 26.9. The molecule has 1 spiro atoms. The number of pyridine rings is 1. The molecule has 0 bridgehead atoms. The molecule has 7 nitrogen and oxygen atoms in total. The van der Waals surface area contributed by atoms with Gasteiger partial charge in [0, 0.05) is 25.8 Å². The second kappa shape index (κ2) is 8.90. The molecular weight excluding hydrogens is 402 g/mol. The molecule has 3 aliphatic rings. The van der Waals surface area contributed by atoms with Gasteiger partial charge in [-0.15, -0.1) is 0 Å². The number of ether oxygens (including phenoxy) is 1. The number of carbonyl (C=O) groups excluding carboxylic acids is 1. The Morgan fingerprint density at radius 3 is 2.72 bits per heavy atom. The van der Waals surface area contributed by atoms with Crippen molar-refractivity contribution >= 4 is 17.6 Å². The van der Waals surface area contributed by atoms with Gasteiger partial charge in [-0.2, -0.15) is 0 Å². The molecule has 1 aliphatic carbocycles. The molecule has 2 saturated heterocycles. The minimum Gasteiger partial charge on any atom is -0.497 e. The minimum atomic E-state index is -0.468. The number of likely N-dealkylation sites (tertiary alicyclic amines) is 1. The van der Waals surface area contributed by atoms with Crippen LogP contribution in [0, 0.1) is 0 Å². The van der Waals surface area contributed by atoms with Gasteiger partial charge in [0.05, 0.1) is 25.0 Å². The van der Waals surface area contributed by atoms with E-state index in [9.17, 15) is 4.79 Å². The summed E-state index contributed by atoms with van der Waals surface area (Å²) in [6.45, 7) is 2.48. The van der Waals surface area contributed by atoms with Gasteiger partial charge in [0.2, 0.25) is 0 Å². The number of aromatic nitrogens is 1. The lowest BCUT2D eigenvalue weighted by molar-refractivity contribution is 0.250. The number of hydrogen-bond acceptors (Lipinski definition) is 5. The van der Waals surface area contributed by atoms with Crippen molar-refractivity contribution in [2.75, 3.05) is 25.1 Å². The van der Waals surface area contributed by atoms with Crippen molar-refractivity contribution in [3.05, 3.63) is 54.4 Å². The summed E-state index contributed by atoms with van der Waals surface area (Å²) >= 11 is 0. The van der Waals surface area contributed by atoms with Crippen LogP contribution in [0.1, 0.15) is 44.1 Å². The van der Waals surface area contributed by atoms with E-state index in [1.165, 1.54) is 24.8 Å². The highest BCUT2D eigenvalue weighted by Crippen LogP contribution is 2.38. The Labute approximate surface area is 189 Å². The number of aliphatic imine (C=N–C) groups is 1. The monoisotopic (exact) mass is 433 g/mol. The standard InChI is InChI=1S/C25H31N5O2/c1-32-22-11-9-19(10-12-22)17-29-15-13-25(18-29)23(27-20-6-3-2-4-7-20)28-24(31)30(25)21-8-5-14-26-16-21/h5,8-12,14,16,20H,2-4,6-7,13,15,17-18H2,1H3,(H,27,28,31). The predicted molar refractivity (Wildman–Crippen MR) is 125 cm³/mol. The number of benzene rings is 1. The molecule has 3 fully saturated rings. The molecule has 2 aromatic rings. The molecule has 3 heterocycles. The number of amides is 2.